The van der Waals surface area contributed by atoms with Crippen molar-refractivity contribution in [3.63, 3.8) is 0 Å². The van der Waals surface area contributed by atoms with E-state index in [-0.39, 0.29) is 0 Å². The Balaban J connectivity index is 1.32. The third-order valence-electron chi connectivity index (χ3n) is 4.82. The third kappa shape index (κ3) is 3.68. The van der Waals surface area contributed by atoms with Crippen molar-refractivity contribution in [2.75, 3.05) is 0 Å². The van der Waals surface area contributed by atoms with Crippen LogP contribution in [0, 0.1) is 5.92 Å². The van der Waals surface area contributed by atoms with Gasteiger partial charge in [-0.3, -0.25) is 0 Å². The zero-order valence-electron chi connectivity index (χ0n) is 13.8. The molecule has 1 nitrogen and oxygen atoms in total. The fourth-order valence-corrected chi connectivity index (χ4v) is 3.35. The maximum Gasteiger partial charge on any atom is 0.119 e. The van der Waals surface area contributed by atoms with Crippen molar-refractivity contribution in [1.29, 1.82) is 0 Å². The summed E-state index contributed by atoms with van der Waals surface area (Å²) >= 11 is 0. The number of rotatable bonds is 6. The number of hydrogen-bond acceptors (Lipinski definition) is 1. The molecule has 0 unspecified atom stereocenters. The summed E-state index contributed by atoms with van der Waals surface area (Å²) in [6.07, 6.45) is 2.50. The fourth-order valence-electron chi connectivity index (χ4n) is 3.35. The highest BCUT2D eigenvalue weighted by atomic mass is 16.5. The van der Waals surface area contributed by atoms with Crippen molar-refractivity contribution in [2.45, 2.75) is 25.4 Å². The van der Waals surface area contributed by atoms with Crippen LogP contribution < -0.4 is 4.74 Å². The Morgan fingerprint density at radius 2 is 1.33 bits per heavy atom. The molecule has 0 saturated heterocycles. The van der Waals surface area contributed by atoms with Crippen LogP contribution in [0.2, 0.25) is 0 Å². The van der Waals surface area contributed by atoms with Crippen molar-refractivity contribution in [1.82, 2.24) is 0 Å². The second-order valence-electron chi connectivity index (χ2n) is 6.64. The number of benzene rings is 3. The highest BCUT2D eigenvalue weighted by molar-refractivity contribution is 5.33. The molecule has 2 atom stereocenters. The normalized spacial score (nSPS) is 19.0. The average Bonchev–Trinajstić information content (AvgIpc) is 3.41. The third-order valence-corrected chi connectivity index (χ3v) is 4.82. The van der Waals surface area contributed by atoms with Crippen LogP contribution in [0.3, 0.4) is 0 Å². The predicted molar refractivity (Wildman–Crippen MR) is 98.2 cm³/mol. The molecule has 3 aromatic rings. The zero-order chi connectivity index (χ0) is 16.2. The molecule has 1 heteroatoms. The van der Waals surface area contributed by atoms with E-state index in [9.17, 15) is 0 Å². The smallest absolute Gasteiger partial charge is 0.119 e. The van der Waals surface area contributed by atoms with Gasteiger partial charge in [0, 0.05) is 0 Å². The van der Waals surface area contributed by atoms with Gasteiger partial charge >= 0.3 is 0 Å². The summed E-state index contributed by atoms with van der Waals surface area (Å²) in [7, 11) is 0. The van der Waals surface area contributed by atoms with E-state index in [1.807, 2.05) is 18.2 Å². The van der Waals surface area contributed by atoms with Crippen LogP contribution >= 0.6 is 0 Å². The summed E-state index contributed by atoms with van der Waals surface area (Å²) < 4.78 is 5.87. The highest BCUT2D eigenvalue weighted by Crippen LogP contribution is 2.49. The predicted octanol–water partition coefficient (Wildman–Crippen LogP) is 5.61. The van der Waals surface area contributed by atoms with Gasteiger partial charge < -0.3 is 4.74 Å². The monoisotopic (exact) mass is 314 g/mol. The minimum Gasteiger partial charge on any atom is -0.489 e. The highest BCUT2D eigenvalue weighted by Gasteiger charge is 2.37. The molecule has 1 fully saturated rings. The molecule has 3 aromatic carbocycles. The van der Waals surface area contributed by atoms with Crippen LogP contribution in [-0.4, -0.2) is 0 Å². The molecule has 0 spiro atoms. The molecule has 4 rings (SSSR count). The largest absolute Gasteiger partial charge is 0.489 e. The van der Waals surface area contributed by atoms with Gasteiger partial charge in [-0.2, -0.15) is 0 Å². The van der Waals surface area contributed by atoms with Gasteiger partial charge in [0.15, 0.2) is 0 Å². The van der Waals surface area contributed by atoms with Gasteiger partial charge in [-0.25, -0.2) is 0 Å². The molecule has 120 valence electrons. The van der Waals surface area contributed by atoms with Crippen molar-refractivity contribution in [2.24, 2.45) is 5.92 Å². The minimum atomic E-state index is 0.625. The van der Waals surface area contributed by atoms with E-state index in [2.05, 4.69) is 66.7 Å². The molecule has 0 amide bonds. The van der Waals surface area contributed by atoms with E-state index < -0.39 is 0 Å². The van der Waals surface area contributed by atoms with E-state index in [1.165, 1.54) is 29.5 Å². The lowest BCUT2D eigenvalue weighted by Crippen LogP contribution is -1.95. The Morgan fingerprint density at radius 3 is 2.00 bits per heavy atom. The average molecular weight is 314 g/mol. The van der Waals surface area contributed by atoms with Crippen LogP contribution in [0.5, 0.6) is 5.75 Å². The van der Waals surface area contributed by atoms with Crippen LogP contribution in [0.25, 0.3) is 0 Å². The Hall–Kier alpha value is -2.54. The lowest BCUT2D eigenvalue weighted by atomic mass is 10.0. The molecule has 1 aliphatic carbocycles. The molecule has 0 radical (unpaired) electrons. The van der Waals surface area contributed by atoms with Gasteiger partial charge in [-0.1, -0.05) is 72.8 Å². The van der Waals surface area contributed by atoms with Gasteiger partial charge in [-0.15, -0.1) is 0 Å². The molecule has 1 aliphatic rings. The van der Waals surface area contributed by atoms with Crippen LogP contribution in [0.1, 0.15) is 29.0 Å². The second-order valence-corrected chi connectivity index (χ2v) is 6.64. The maximum atomic E-state index is 5.87. The van der Waals surface area contributed by atoms with Gasteiger partial charge in [0.05, 0.1) is 0 Å². The van der Waals surface area contributed by atoms with Gasteiger partial charge in [0.25, 0.3) is 0 Å². The Morgan fingerprint density at radius 1 is 0.708 bits per heavy atom. The molecule has 0 heterocycles. The molecule has 0 aliphatic heterocycles. The second kappa shape index (κ2) is 6.92. The standard InChI is InChI=1S/C23H22O/c1-3-7-18(8-4-1)15-21-16-23(21)20-11-13-22(14-12-20)24-17-19-9-5-2-6-10-19/h1-14,21,23H,15-17H2/t21-,23-/m0/s1. The van der Waals surface area contributed by atoms with Crippen LogP contribution in [-0.2, 0) is 13.0 Å². The first kappa shape index (κ1) is 15.0. The summed E-state index contributed by atoms with van der Waals surface area (Å²) in [5, 5.41) is 0. The van der Waals surface area contributed by atoms with Gasteiger partial charge in [-0.05, 0) is 53.5 Å². The lowest BCUT2D eigenvalue weighted by molar-refractivity contribution is 0.306. The van der Waals surface area contributed by atoms with Crippen molar-refractivity contribution in [3.8, 4) is 5.75 Å². The van der Waals surface area contributed by atoms with Crippen molar-refractivity contribution < 1.29 is 4.74 Å². The number of ether oxygens (including phenoxy) is 1. The molecule has 0 N–H and O–H groups in total. The SMILES string of the molecule is c1ccc(COc2ccc([C@@H]3C[C@@H]3Cc3ccccc3)cc2)cc1. The molecule has 1 saturated carbocycles. The minimum absolute atomic E-state index is 0.625. The van der Waals surface area contributed by atoms with E-state index in [0.717, 1.165) is 11.7 Å². The topological polar surface area (TPSA) is 9.23 Å². The Bertz CT molecular complexity index is 762. The summed E-state index contributed by atoms with van der Waals surface area (Å²) in [5.74, 6) is 2.46. The summed E-state index contributed by atoms with van der Waals surface area (Å²) in [4.78, 5) is 0. The van der Waals surface area contributed by atoms with Crippen molar-refractivity contribution >= 4 is 0 Å². The quantitative estimate of drug-likeness (QED) is 0.574. The van der Waals surface area contributed by atoms with Gasteiger partial charge in [0.2, 0.25) is 0 Å². The summed E-state index contributed by atoms with van der Waals surface area (Å²) in [6, 6.07) is 29.8. The molecule has 0 aromatic heterocycles. The first-order valence-electron chi connectivity index (χ1n) is 8.69. The molecule has 24 heavy (non-hydrogen) atoms. The number of hydrogen-bond donors (Lipinski definition) is 0. The Labute approximate surface area is 143 Å². The molecular formula is C23H22O. The maximum absolute atomic E-state index is 5.87. The summed E-state index contributed by atoms with van der Waals surface area (Å²) in [5.41, 5.74) is 4.10. The van der Waals surface area contributed by atoms with Crippen LogP contribution in [0.4, 0.5) is 0 Å². The lowest BCUT2D eigenvalue weighted by Gasteiger charge is -2.07. The fraction of sp³-hybridized carbons (Fsp3) is 0.217. The van der Waals surface area contributed by atoms with E-state index in [1.54, 1.807) is 0 Å². The first-order chi connectivity index (χ1) is 11.9. The van der Waals surface area contributed by atoms with Crippen molar-refractivity contribution in [3.05, 3.63) is 102 Å². The van der Waals surface area contributed by atoms with Gasteiger partial charge in [0.1, 0.15) is 12.4 Å². The van der Waals surface area contributed by atoms with E-state index in [0.29, 0.717) is 12.5 Å². The van der Waals surface area contributed by atoms with E-state index in [4.69, 9.17) is 4.74 Å². The molecular weight excluding hydrogens is 292 g/mol. The van der Waals surface area contributed by atoms with E-state index >= 15 is 0 Å². The Kier molecular flexibility index (Phi) is 4.33. The summed E-state index contributed by atoms with van der Waals surface area (Å²) in [6.45, 7) is 0.625. The zero-order valence-corrected chi connectivity index (χ0v) is 13.8. The first-order valence-corrected chi connectivity index (χ1v) is 8.69. The molecule has 0 bridgehead atoms. The van der Waals surface area contributed by atoms with Crippen LogP contribution in [0.15, 0.2) is 84.9 Å².